The molecule has 1 aromatic carbocycles. The number of benzene rings is 1. The Hall–Kier alpha value is -0.360. The van der Waals surface area contributed by atoms with Gasteiger partial charge in [0.25, 0.3) is 0 Å². The van der Waals surface area contributed by atoms with Crippen LogP contribution in [0.4, 0.5) is 0 Å². The van der Waals surface area contributed by atoms with Gasteiger partial charge in [-0.05, 0) is 12.1 Å². The summed E-state index contributed by atoms with van der Waals surface area (Å²) in [6.07, 6.45) is 0. The number of carbonyl (C=O) groups excluding carboxylic acids is 1. The van der Waals surface area contributed by atoms with Crippen molar-refractivity contribution in [1.82, 2.24) is 0 Å². The Morgan fingerprint density at radius 1 is 1.44 bits per heavy atom. The van der Waals surface area contributed by atoms with Gasteiger partial charge in [0.2, 0.25) is 0 Å². The fraction of sp³-hybridized carbons (Fsp3) is 0.300. The second-order valence-corrected chi connectivity index (χ2v) is 5.14. The number of esters is 1. The molecule has 0 unspecified atom stereocenters. The van der Waals surface area contributed by atoms with E-state index in [2.05, 4.69) is 0 Å². The maximum absolute atomic E-state index is 11.4. The lowest BCUT2D eigenvalue weighted by atomic mass is 10.2. The summed E-state index contributed by atoms with van der Waals surface area (Å²) in [5, 5.41) is 0. The Morgan fingerprint density at radius 2 is 2.12 bits per heavy atom. The first-order valence-corrected chi connectivity index (χ1v) is 6.78. The van der Waals surface area contributed by atoms with Crippen molar-refractivity contribution >= 4 is 40.0 Å². The third-order valence-corrected chi connectivity index (χ3v) is 4.09. The van der Waals surface area contributed by atoms with E-state index in [4.69, 9.17) is 10.5 Å². The minimum absolute atomic E-state index is 0. The maximum Gasteiger partial charge on any atom is 0.339 e. The molecule has 1 rings (SSSR count). The molecule has 0 spiro atoms. The topological polar surface area (TPSA) is 52.3 Å². The molecule has 0 fully saturated rings. The van der Waals surface area contributed by atoms with E-state index in [-0.39, 0.29) is 18.4 Å². The smallest absolute Gasteiger partial charge is 0.339 e. The first-order chi connectivity index (χ1) is 7.29. The Balaban J connectivity index is 0.00000225. The molecule has 0 radical (unpaired) electrons. The summed E-state index contributed by atoms with van der Waals surface area (Å²) in [4.78, 5) is 12.3. The van der Waals surface area contributed by atoms with Crippen molar-refractivity contribution in [3.63, 3.8) is 0 Å². The first-order valence-electron chi connectivity index (χ1n) is 4.46. The molecule has 0 aliphatic heterocycles. The van der Waals surface area contributed by atoms with Crippen molar-refractivity contribution in [1.29, 1.82) is 0 Å². The van der Waals surface area contributed by atoms with Crippen LogP contribution in [0.15, 0.2) is 29.2 Å². The molecule has 2 N–H and O–H groups in total. The molecule has 0 amide bonds. The normalized spacial score (nSPS) is 9.38. The van der Waals surface area contributed by atoms with E-state index in [0.717, 1.165) is 10.6 Å². The third-order valence-electron chi connectivity index (χ3n) is 1.64. The van der Waals surface area contributed by atoms with E-state index in [1.807, 2.05) is 18.2 Å². The van der Waals surface area contributed by atoms with Gasteiger partial charge >= 0.3 is 5.97 Å². The molecule has 3 nitrogen and oxygen atoms in total. The molecule has 0 aliphatic rings. The minimum Gasteiger partial charge on any atom is -0.465 e. The highest BCUT2D eigenvalue weighted by molar-refractivity contribution is 8.76. The van der Waals surface area contributed by atoms with Crippen LogP contribution in [0.2, 0.25) is 0 Å². The standard InChI is InChI=1S/C10H13NO2S2.ClH/c1-13-10(12)8-4-2-3-5-9(8)15-14-7-6-11;/h2-5H,6-7,11H2,1H3;1H. The highest BCUT2D eigenvalue weighted by Crippen LogP contribution is 2.33. The van der Waals surface area contributed by atoms with Crippen LogP contribution in [0.5, 0.6) is 0 Å². The SMILES string of the molecule is COC(=O)c1ccccc1SSCCN.Cl. The number of hydrogen-bond acceptors (Lipinski definition) is 5. The fourth-order valence-electron chi connectivity index (χ4n) is 0.971. The van der Waals surface area contributed by atoms with Gasteiger partial charge in [0.05, 0.1) is 12.7 Å². The lowest BCUT2D eigenvalue weighted by molar-refractivity contribution is 0.0597. The second kappa shape index (κ2) is 8.75. The quantitative estimate of drug-likeness (QED) is 0.510. The van der Waals surface area contributed by atoms with Crippen LogP contribution in [0.1, 0.15) is 10.4 Å². The van der Waals surface area contributed by atoms with Gasteiger partial charge in [0.15, 0.2) is 0 Å². The van der Waals surface area contributed by atoms with E-state index in [9.17, 15) is 4.79 Å². The van der Waals surface area contributed by atoms with Crippen LogP contribution < -0.4 is 5.73 Å². The van der Waals surface area contributed by atoms with E-state index < -0.39 is 0 Å². The molecule has 0 aliphatic carbocycles. The molecule has 0 saturated carbocycles. The number of halogens is 1. The Kier molecular flexibility index (Phi) is 8.56. The molecule has 1 aromatic rings. The highest BCUT2D eigenvalue weighted by Gasteiger charge is 2.10. The number of methoxy groups -OCH3 is 1. The zero-order valence-corrected chi connectivity index (χ0v) is 11.3. The fourth-order valence-corrected chi connectivity index (χ4v) is 3.01. The van der Waals surface area contributed by atoms with Crippen molar-refractivity contribution < 1.29 is 9.53 Å². The summed E-state index contributed by atoms with van der Waals surface area (Å²) in [6.45, 7) is 0.637. The summed E-state index contributed by atoms with van der Waals surface area (Å²) in [6, 6.07) is 7.39. The lowest BCUT2D eigenvalue weighted by Gasteiger charge is -2.05. The van der Waals surface area contributed by atoms with Crippen molar-refractivity contribution in [2.45, 2.75) is 4.90 Å². The number of nitrogens with two attached hydrogens (primary N) is 1. The van der Waals surface area contributed by atoms with E-state index in [1.165, 1.54) is 7.11 Å². The van der Waals surface area contributed by atoms with Gasteiger partial charge in [0.1, 0.15) is 0 Å². The number of hydrogen-bond donors (Lipinski definition) is 1. The van der Waals surface area contributed by atoms with Crippen LogP contribution in [-0.2, 0) is 4.74 Å². The van der Waals surface area contributed by atoms with Crippen molar-refractivity contribution in [3.05, 3.63) is 29.8 Å². The first kappa shape index (κ1) is 15.6. The van der Waals surface area contributed by atoms with Crippen molar-refractivity contribution in [2.75, 3.05) is 19.4 Å². The van der Waals surface area contributed by atoms with Gasteiger partial charge in [-0.15, -0.1) is 12.4 Å². The zero-order valence-electron chi connectivity index (χ0n) is 8.84. The molecule has 0 heterocycles. The summed E-state index contributed by atoms with van der Waals surface area (Å²) in [7, 11) is 4.57. The van der Waals surface area contributed by atoms with Crippen LogP contribution in [0.3, 0.4) is 0 Å². The molecule has 6 heteroatoms. The number of rotatable bonds is 5. The third kappa shape index (κ3) is 4.65. The largest absolute Gasteiger partial charge is 0.465 e. The van der Waals surface area contributed by atoms with E-state index in [0.29, 0.717) is 12.1 Å². The Labute approximate surface area is 109 Å². The van der Waals surface area contributed by atoms with E-state index in [1.54, 1.807) is 27.7 Å². The number of carbonyl (C=O) groups is 1. The van der Waals surface area contributed by atoms with Crippen LogP contribution >= 0.6 is 34.0 Å². The van der Waals surface area contributed by atoms with Gasteiger partial charge in [-0.1, -0.05) is 33.7 Å². The summed E-state index contributed by atoms with van der Waals surface area (Å²) in [5.74, 6) is 0.562. The van der Waals surface area contributed by atoms with Crippen LogP contribution in [0, 0.1) is 0 Å². The van der Waals surface area contributed by atoms with E-state index >= 15 is 0 Å². The lowest BCUT2D eigenvalue weighted by Crippen LogP contribution is -2.03. The molecule has 90 valence electrons. The minimum atomic E-state index is -0.300. The van der Waals surface area contributed by atoms with Gasteiger partial charge < -0.3 is 10.5 Å². The molecular formula is C10H14ClNO2S2. The zero-order chi connectivity index (χ0) is 11.1. The predicted octanol–water partition coefficient (Wildman–Crippen LogP) is 2.59. The van der Waals surface area contributed by atoms with Crippen molar-refractivity contribution in [3.8, 4) is 0 Å². The molecular weight excluding hydrogens is 266 g/mol. The molecule has 16 heavy (non-hydrogen) atoms. The monoisotopic (exact) mass is 279 g/mol. The van der Waals surface area contributed by atoms with Gasteiger partial charge in [-0.25, -0.2) is 4.79 Å². The molecule has 0 saturated heterocycles. The summed E-state index contributed by atoms with van der Waals surface area (Å²) >= 11 is 0. The van der Waals surface area contributed by atoms with Crippen LogP contribution in [0.25, 0.3) is 0 Å². The summed E-state index contributed by atoms with van der Waals surface area (Å²) in [5.41, 5.74) is 6.00. The Bertz CT molecular complexity index is 336. The molecule has 0 atom stereocenters. The Morgan fingerprint density at radius 3 is 2.75 bits per heavy atom. The van der Waals surface area contributed by atoms with Gasteiger partial charge in [0, 0.05) is 17.2 Å². The van der Waals surface area contributed by atoms with Crippen molar-refractivity contribution in [2.24, 2.45) is 5.73 Å². The maximum atomic E-state index is 11.4. The molecule has 0 aromatic heterocycles. The highest BCUT2D eigenvalue weighted by atomic mass is 35.5. The number of ether oxygens (including phenoxy) is 1. The average Bonchev–Trinajstić information content (AvgIpc) is 2.29. The molecule has 0 bridgehead atoms. The van der Waals surface area contributed by atoms with Gasteiger partial charge in [-0.2, -0.15) is 0 Å². The summed E-state index contributed by atoms with van der Waals surface area (Å²) < 4.78 is 4.70. The van der Waals surface area contributed by atoms with Crippen LogP contribution in [-0.4, -0.2) is 25.4 Å². The van der Waals surface area contributed by atoms with Gasteiger partial charge in [-0.3, -0.25) is 0 Å². The average molecular weight is 280 g/mol. The predicted molar refractivity (Wildman–Crippen MR) is 72.4 cm³/mol. The second-order valence-electron chi connectivity index (χ2n) is 2.68.